The van der Waals surface area contributed by atoms with Gasteiger partial charge in [-0.3, -0.25) is 4.79 Å². The summed E-state index contributed by atoms with van der Waals surface area (Å²) in [6, 6.07) is 16.8. The monoisotopic (exact) mass is 406 g/mol. The molecule has 0 radical (unpaired) electrons. The van der Waals surface area contributed by atoms with Gasteiger partial charge in [0.2, 0.25) is 0 Å². The Kier molecular flexibility index (Phi) is 4.78. The van der Waals surface area contributed by atoms with Crippen molar-refractivity contribution >= 4 is 41.0 Å². The minimum absolute atomic E-state index is 0.173. The second-order valence-electron chi connectivity index (χ2n) is 6.42. The Morgan fingerprint density at radius 2 is 1.90 bits per heavy atom. The molecule has 1 aliphatic heterocycles. The highest BCUT2D eigenvalue weighted by molar-refractivity contribution is 6.32. The number of carbonyl (C=O) groups excluding carboxylic acids is 1. The SMILES string of the molecule is CC1=NN(c2ccc(Cl)cc2)C(=O)/C1=C/c1ccc(-c2cccc(C(=O)O)c2)o1. The number of hydrazone groups is 1. The van der Waals surface area contributed by atoms with Crippen LogP contribution in [0.3, 0.4) is 0 Å². The molecule has 4 rings (SSSR count). The molecule has 0 unspecified atom stereocenters. The Hall–Kier alpha value is -3.64. The smallest absolute Gasteiger partial charge is 0.335 e. The minimum atomic E-state index is -1.01. The van der Waals surface area contributed by atoms with Gasteiger partial charge in [-0.05, 0) is 61.5 Å². The maximum atomic E-state index is 12.8. The third-order valence-electron chi connectivity index (χ3n) is 4.44. The van der Waals surface area contributed by atoms with E-state index < -0.39 is 5.97 Å². The zero-order chi connectivity index (χ0) is 20.5. The number of aromatic carboxylic acids is 1. The Morgan fingerprint density at radius 1 is 1.14 bits per heavy atom. The van der Waals surface area contributed by atoms with Crippen molar-refractivity contribution in [2.24, 2.45) is 5.10 Å². The molecule has 1 amide bonds. The average molecular weight is 407 g/mol. The van der Waals surface area contributed by atoms with E-state index in [2.05, 4.69) is 5.10 Å². The first kappa shape index (κ1) is 18.7. The quantitative estimate of drug-likeness (QED) is 0.610. The summed E-state index contributed by atoms with van der Waals surface area (Å²) in [7, 11) is 0. The van der Waals surface area contributed by atoms with Crippen molar-refractivity contribution in [1.82, 2.24) is 0 Å². The topological polar surface area (TPSA) is 83.1 Å². The van der Waals surface area contributed by atoms with Crippen molar-refractivity contribution in [2.75, 3.05) is 5.01 Å². The highest BCUT2D eigenvalue weighted by Crippen LogP contribution is 2.28. The fourth-order valence-electron chi connectivity index (χ4n) is 2.97. The van der Waals surface area contributed by atoms with Crippen LogP contribution in [0.25, 0.3) is 17.4 Å². The first-order valence-electron chi connectivity index (χ1n) is 8.73. The fraction of sp³-hybridized carbons (Fsp3) is 0.0455. The van der Waals surface area contributed by atoms with Gasteiger partial charge in [-0.15, -0.1) is 0 Å². The molecule has 0 atom stereocenters. The van der Waals surface area contributed by atoms with Crippen LogP contribution in [-0.2, 0) is 4.79 Å². The predicted molar refractivity (Wildman–Crippen MR) is 111 cm³/mol. The summed E-state index contributed by atoms with van der Waals surface area (Å²) in [5, 5.41) is 15.4. The molecular weight excluding hydrogens is 392 g/mol. The van der Waals surface area contributed by atoms with Crippen molar-refractivity contribution in [2.45, 2.75) is 6.92 Å². The maximum Gasteiger partial charge on any atom is 0.335 e. The summed E-state index contributed by atoms with van der Waals surface area (Å²) in [4.78, 5) is 24.0. The fourth-order valence-corrected chi connectivity index (χ4v) is 3.10. The van der Waals surface area contributed by atoms with E-state index in [1.54, 1.807) is 61.5 Å². The van der Waals surface area contributed by atoms with Crippen LogP contribution in [0.5, 0.6) is 0 Å². The van der Waals surface area contributed by atoms with Crippen LogP contribution in [0.2, 0.25) is 5.02 Å². The van der Waals surface area contributed by atoms with Gasteiger partial charge in [0, 0.05) is 10.6 Å². The number of halogens is 1. The van der Waals surface area contributed by atoms with Gasteiger partial charge in [0.1, 0.15) is 11.5 Å². The van der Waals surface area contributed by atoms with Gasteiger partial charge in [0.15, 0.2) is 0 Å². The van der Waals surface area contributed by atoms with Crippen molar-refractivity contribution in [1.29, 1.82) is 0 Å². The zero-order valence-electron chi connectivity index (χ0n) is 15.3. The molecular formula is C22H15ClN2O4. The Balaban J connectivity index is 1.61. The van der Waals surface area contributed by atoms with Crippen LogP contribution >= 0.6 is 11.6 Å². The number of carbonyl (C=O) groups is 2. The summed E-state index contributed by atoms with van der Waals surface area (Å²) < 4.78 is 5.81. The van der Waals surface area contributed by atoms with E-state index in [1.165, 1.54) is 17.1 Å². The lowest BCUT2D eigenvalue weighted by molar-refractivity contribution is -0.114. The van der Waals surface area contributed by atoms with Crippen molar-refractivity contribution < 1.29 is 19.1 Å². The van der Waals surface area contributed by atoms with Crippen LogP contribution in [0.1, 0.15) is 23.0 Å². The molecule has 0 aliphatic carbocycles. The molecule has 6 nitrogen and oxygen atoms in total. The Labute approximate surface area is 171 Å². The molecule has 0 saturated heterocycles. The largest absolute Gasteiger partial charge is 0.478 e. The van der Waals surface area contributed by atoms with Gasteiger partial charge in [0.05, 0.1) is 22.5 Å². The van der Waals surface area contributed by atoms with Crippen molar-refractivity contribution in [3.63, 3.8) is 0 Å². The van der Waals surface area contributed by atoms with Crippen LogP contribution in [-0.4, -0.2) is 22.7 Å². The van der Waals surface area contributed by atoms with E-state index in [-0.39, 0.29) is 11.5 Å². The molecule has 29 heavy (non-hydrogen) atoms. The average Bonchev–Trinajstić information content (AvgIpc) is 3.29. The number of hydrogen-bond donors (Lipinski definition) is 1. The van der Waals surface area contributed by atoms with E-state index in [0.717, 1.165) is 0 Å². The third kappa shape index (κ3) is 3.70. The number of hydrogen-bond acceptors (Lipinski definition) is 4. The minimum Gasteiger partial charge on any atom is -0.478 e. The lowest BCUT2D eigenvalue weighted by Crippen LogP contribution is -2.21. The molecule has 2 heterocycles. The number of benzene rings is 2. The first-order valence-corrected chi connectivity index (χ1v) is 9.11. The van der Waals surface area contributed by atoms with Crippen molar-refractivity contribution in [3.8, 4) is 11.3 Å². The number of amides is 1. The highest BCUT2D eigenvalue weighted by Gasteiger charge is 2.29. The standard InChI is InChI=1S/C22H15ClN2O4/c1-13-19(21(26)25(24-13)17-7-5-16(23)6-8-17)12-18-9-10-20(29-18)14-3-2-4-15(11-14)22(27)28/h2-12H,1H3,(H,27,28)/b19-12+. The van der Waals surface area contributed by atoms with E-state index in [0.29, 0.717) is 39.1 Å². The van der Waals surface area contributed by atoms with Gasteiger partial charge in [-0.1, -0.05) is 23.7 Å². The number of carboxylic acids is 1. The van der Waals surface area contributed by atoms with Crippen LogP contribution in [0.15, 0.2) is 75.8 Å². The van der Waals surface area contributed by atoms with Gasteiger partial charge in [-0.25, -0.2) is 4.79 Å². The van der Waals surface area contributed by atoms with Crippen molar-refractivity contribution in [3.05, 3.63) is 82.6 Å². The molecule has 0 spiro atoms. The molecule has 0 saturated carbocycles. The van der Waals surface area contributed by atoms with E-state index in [1.807, 2.05) is 0 Å². The zero-order valence-corrected chi connectivity index (χ0v) is 16.1. The summed E-state index contributed by atoms with van der Waals surface area (Å²) in [5.41, 5.74) is 2.41. The summed E-state index contributed by atoms with van der Waals surface area (Å²) in [6.07, 6.45) is 1.63. The Bertz CT molecular complexity index is 1180. The second-order valence-corrected chi connectivity index (χ2v) is 6.86. The molecule has 7 heteroatoms. The van der Waals surface area contributed by atoms with Gasteiger partial charge in [-0.2, -0.15) is 10.1 Å². The summed E-state index contributed by atoms with van der Waals surface area (Å²) in [6.45, 7) is 1.75. The number of anilines is 1. The number of carboxylic acid groups (broad SMARTS) is 1. The normalized spacial score (nSPS) is 15.1. The van der Waals surface area contributed by atoms with Crippen LogP contribution in [0.4, 0.5) is 5.69 Å². The molecule has 3 aromatic rings. The highest BCUT2D eigenvalue weighted by atomic mass is 35.5. The molecule has 1 aliphatic rings. The number of rotatable bonds is 4. The van der Waals surface area contributed by atoms with Crippen LogP contribution < -0.4 is 5.01 Å². The van der Waals surface area contributed by atoms with E-state index in [9.17, 15) is 9.59 Å². The maximum absolute atomic E-state index is 12.8. The second kappa shape index (κ2) is 7.41. The molecule has 2 aromatic carbocycles. The van der Waals surface area contributed by atoms with E-state index >= 15 is 0 Å². The molecule has 1 aromatic heterocycles. The predicted octanol–water partition coefficient (Wildman–Crippen LogP) is 5.10. The van der Waals surface area contributed by atoms with Gasteiger partial charge in [0.25, 0.3) is 5.91 Å². The van der Waals surface area contributed by atoms with Gasteiger partial charge < -0.3 is 9.52 Å². The molecule has 0 fully saturated rings. The summed E-state index contributed by atoms with van der Waals surface area (Å²) >= 11 is 5.90. The third-order valence-corrected chi connectivity index (χ3v) is 4.69. The molecule has 1 N–H and O–H groups in total. The number of furan rings is 1. The van der Waals surface area contributed by atoms with Gasteiger partial charge >= 0.3 is 5.97 Å². The lowest BCUT2D eigenvalue weighted by Gasteiger charge is -2.11. The molecule has 0 bridgehead atoms. The molecule has 144 valence electrons. The summed E-state index contributed by atoms with van der Waals surface area (Å²) in [5.74, 6) is -0.298. The van der Waals surface area contributed by atoms with E-state index in [4.69, 9.17) is 21.1 Å². The number of nitrogens with zero attached hydrogens (tertiary/aromatic N) is 2. The lowest BCUT2D eigenvalue weighted by atomic mass is 10.1. The first-order chi connectivity index (χ1) is 13.9. The Morgan fingerprint density at radius 3 is 2.62 bits per heavy atom. The van der Waals surface area contributed by atoms with Crippen LogP contribution in [0, 0.1) is 0 Å².